The van der Waals surface area contributed by atoms with Crippen LogP contribution in [0.2, 0.25) is 0 Å². The third-order valence-electron chi connectivity index (χ3n) is 3.63. The second-order valence-corrected chi connectivity index (χ2v) is 5.94. The zero-order chi connectivity index (χ0) is 19.0. The quantitative estimate of drug-likeness (QED) is 0.454. The molecule has 0 aliphatic heterocycles. The summed E-state index contributed by atoms with van der Waals surface area (Å²) in [7, 11) is 0. The van der Waals surface area contributed by atoms with Gasteiger partial charge in [-0.15, -0.1) is 0 Å². The molecule has 3 N–H and O–H groups in total. The van der Waals surface area contributed by atoms with Crippen LogP contribution in [0.15, 0.2) is 32.3 Å². The van der Waals surface area contributed by atoms with E-state index in [1.165, 1.54) is 6.26 Å². The number of aliphatic hydroxyl groups is 1. The third-order valence-corrected chi connectivity index (χ3v) is 3.63. The molecule has 2 aromatic rings. The highest BCUT2D eigenvalue weighted by molar-refractivity contribution is 5.79. The number of nitrogens with zero attached hydrogens (tertiary/aromatic N) is 3. The molecule has 26 heavy (non-hydrogen) atoms. The van der Waals surface area contributed by atoms with Gasteiger partial charge in [0.2, 0.25) is 5.89 Å². The molecular formula is C17H27N5O4. The highest BCUT2D eigenvalue weighted by Crippen LogP contribution is 2.19. The van der Waals surface area contributed by atoms with E-state index >= 15 is 0 Å². The molecule has 0 aromatic carbocycles. The van der Waals surface area contributed by atoms with Crippen LogP contribution in [0.4, 0.5) is 0 Å². The molecule has 2 aromatic heterocycles. The van der Waals surface area contributed by atoms with Gasteiger partial charge in [0, 0.05) is 13.2 Å². The summed E-state index contributed by atoms with van der Waals surface area (Å²) in [5.74, 6) is 1.89. The lowest BCUT2D eigenvalue weighted by Crippen LogP contribution is -2.44. The molecule has 9 nitrogen and oxygen atoms in total. The molecule has 2 unspecified atom stereocenters. The summed E-state index contributed by atoms with van der Waals surface area (Å²) in [6.07, 6.45) is 1.30. The Kier molecular flexibility index (Phi) is 7.16. The number of hydrogen-bond acceptors (Lipinski definition) is 7. The number of hydrogen-bond donors (Lipinski definition) is 3. The van der Waals surface area contributed by atoms with Gasteiger partial charge in [0.15, 0.2) is 11.8 Å². The maximum atomic E-state index is 10.5. The predicted octanol–water partition coefficient (Wildman–Crippen LogP) is 1.72. The van der Waals surface area contributed by atoms with Crippen LogP contribution in [-0.4, -0.2) is 40.9 Å². The molecular weight excluding hydrogens is 338 g/mol. The van der Waals surface area contributed by atoms with Crippen molar-refractivity contribution in [2.24, 2.45) is 4.99 Å². The molecule has 0 aliphatic rings. The van der Waals surface area contributed by atoms with Crippen LogP contribution in [0.25, 0.3) is 0 Å². The SMILES string of the molecule is CCNC(=NCc1nc(C(C)OCC)no1)NCC(C)(O)c1ccco1. The van der Waals surface area contributed by atoms with Crippen LogP contribution in [-0.2, 0) is 16.9 Å². The first-order chi connectivity index (χ1) is 12.5. The van der Waals surface area contributed by atoms with E-state index in [0.717, 1.165) is 0 Å². The lowest BCUT2D eigenvalue weighted by atomic mass is 10.0. The number of furan rings is 1. The number of nitrogens with one attached hydrogen (secondary N) is 2. The van der Waals surface area contributed by atoms with Crippen LogP contribution in [0, 0.1) is 0 Å². The molecule has 2 heterocycles. The van der Waals surface area contributed by atoms with Gasteiger partial charge < -0.3 is 29.4 Å². The Morgan fingerprint density at radius 3 is 2.88 bits per heavy atom. The number of ether oxygens (including phenoxy) is 1. The molecule has 0 spiro atoms. The summed E-state index contributed by atoms with van der Waals surface area (Å²) >= 11 is 0. The first kappa shape index (κ1) is 19.9. The van der Waals surface area contributed by atoms with Gasteiger partial charge in [-0.3, -0.25) is 0 Å². The number of aromatic nitrogens is 2. The lowest BCUT2D eigenvalue weighted by Gasteiger charge is -2.22. The molecule has 0 saturated carbocycles. The average Bonchev–Trinajstić information content (AvgIpc) is 3.29. The molecule has 2 atom stereocenters. The van der Waals surface area contributed by atoms with Crippen molar-refractivity contribution in [3.63, 3.8) is 0 Å². The van der Waals surface area contributed by atoms with Gasteiger partial charge in [0.25, 0.3) is 0 Å². The summed E-state index contributed by atoms with van der Waals surface area (Å²) in [4.78, 5) is 8.68. The van der Waals surface area contributed by atoms with Crippen LogP contribution < -0.4 is 10.6 Å². The molecule has 0 radical (unpaired) electrons. The smallest absolute Gasteiger partial charge is 0.248 e. The summed E-state index contributed by atoms with van der Waals surface area (Å²) < 4.78 is 15.9. The maximum Gasteiger partial charge on any atom is 0.248 e. The van der Waals surface area contributed by atoms with Crippen molar-refractivity contribution in [3.8, 4) is 0 Å². The van der Waals surface area contributed by atoms with Crippen molar-refractivity contribution in [1.82, 2.24) is 20.8 Å². The largest absolute Gasteiger partial charge is 0.466 e. The second-order valence-electron chi connectivity index (χ2n) is 5.94. The molecule has 0 amide bonds. The van der Waals surface area contributed by atoms with Gasteiger partial charge in [0.05, 0.1) is 12.8 Å². The van der Waals surface area contributed by atoms with Gasteiger partial charge in [-0.05, 0) is 39.8 Å². The molecule has 9 heteroatoms. The highest BCUT2D eigenvalue weighted by Gasteiger charge is 2.26. The predicted molar refractivity (Wildman–Crippen MR) is 95.4 cm³/mol. The van der Waals surface area contributed by atoms with E-state index < -0.39 is 5.60 Å². The maximum absolute atomic E-state index is 10.5. The average molecular weight is 365 g/mol. The van der Waals surface area contributed by atoms with Crippen LogP contribution >= 0.6 is 0 Å². The van der Waals surface area contributed by atoms with Crippen molar-refractivity contribution in [2.45, 2.75) is 45.9 Å². The summed E-state index contributed by atoms with van der Waals surface area (Å²) in [5, 5.41) is 20.6. The first-order valence-electron chi connectivity index (χ1n) is 8.68. The fourth-order valence-corrected chi connectivity index (χ4v) is 2.24. The summed E-state index contributed by atoms with van der Waals surface area (Å²) in [6.45, 7) is 9.08. The van der Waals surface area contributed by atoms with E-state index in [4.69, 9.17) is 13.7 Å². The Balaban J connectivity index is 1.96. The Hall–Kier alpha value is -2.39. The molecule has 0 aliphatic carbocycles. The van der Waals surface area contributed by atoms with Crippen LogP contribution in [0.3, 0.4) is 0 Å². The number of guanidine groups is 1. The van der Waals surface area contributed by atoms with E-state index in [1.54, 1.807) is 19.1 Å². The van der Waals surface area contributed by atoms with E-state index in [0.29, 0.717) is 36.6 Å². The van der Waals surface area contributed by atoms with Crippen molar-refractivity contribution in [1.29, 1.82) is 0 Å². The molecule has 0 fully saturated rings. The van der Waals surface area contributed by atoms with Gasteiger partial charge in [-0.1, -0.05) is 5.16 Å². The van der Waals surface area contributed by atoms with Crippen molar-refractivity contribution < 1.29 is 18.8 Å². The van der Waals surface area contributed by atoms with E-state index in [-0.39, 0.29) is 19.2 Å². The van der Waals surface area contributed by atoms with Gasteiger partial charge in [0.1, 0.15) is 24.0 Å². The van der Waals surface area contributed by atoms with Crippen molar-refractivity contribution >= 4 is 5.96 Å². The lowest BCUT2D eigenvalue weighted by molar-refractivity contribution is 0.0386. The first-order valence-corrected chi connectivity index (χ1v) is 8.68. The normalized spacial score (nSPS) is 15.5. The van der Waals surface area contributed by atoms with Gasteiger partial charge in [-0.2, -0.15) is 4.98 Å². The molecule has 0 bridgehead atoms. The summed E-state index contributed by atoms with van der Waals surface area (Å²) in [6, 6.07) is 3.46. The zero-order valence-corrected chi connectivity index (χ0v) is 15.7. The van der Waals surface area contributed by atoms with Crippen molar-refractivity contribution in [3.05, 3.63) is 35.9 Å². The standard InChI is InChI=1S/C17H27N5O4/c1-5-18-16(20-11-17(4,23)13-8-7-9-25-13)19-10-14-21-15(22-26-14)12(3)24-6-2/h7-9,12,23H,5-6,10-11H2,1-4H3,(H2,18,19,20). The van der Waals surface area contributed by atoms with E-state index in [1.807, 2.05) is 20.8 Å². The minimum Gasteiger partial charge on any atom is -0.466 e. The monoisotopic (exact) mass is 365 g/mol. The second kappa shape index (κ2) is 9.35. The minimum absolute atomic E-state index is 0.212. The number of rotatable bonds is 9. The van der Waals surface area contributed by atoms with E-state index in [9.17, 15) is 5.11 Å². The Morgan fingerprint density at radius 2 is 2.23 bits per heavy atom. The topological polar surface area (TPSA) is 118 Å². The van der Waals surface area contributed by atoms with Gasteiger partial charge >= 0.3 is 0 Å². The zero-order valence-electron chi connectivity index (χ0n) is 15.7. The fraction of sp³-hybridized carbons (Fsp3) is 0.588. The summed E-state index contributed by atoms with van der Waals surface area (Å²) in [5.41, 5.74) is -1.16. The molecule has 2 rings (SSSR count). The fourth-order valence-electron chi connectivity index (χ4n) is 2.24. The number of aliphatic imine (C=N–C) groups is 1. The molecule has 0 saturated heterocycles. The van der Waals surface area contributed by atoms with Crippen LogP contribution in [0.5, 0.6) is 0 Å². The Labute approximate surface area is 152 Å². The third kappa shape index (κ3) is 5.57. The van der Waals surface area contributed by atoms with Crippen LogP contribution in [0.1, 0.15) is 51.3 Å². The van der Waals surface area contributed by atoms with Gasteiger partial charge in [-0.25, -0.2) is 4.99 Å². The molecule has 144 valence electrons. The van der Waals surface area contributed by atoms with Crippen molar-refractivity contribution in [2.75, 3.05) is 19.7 Å². The minimum atomic E-state index is -1.16. The van der Waals surface area contributed by atoms with E-state index in [2.05, 4.69) is 25.8 Å². The Bertz CT molecular complexity index is 681. The highest BCUT2D eigenvalue weighted by atomic mass is 16.5. The Morgan fingerprint density at radius 1 is 1.42 bits per heavy atom.